The molecular weight excluding hydrogens is 315 g/mol. The maximum absolute atomic E-state index is 14.1. The van der Waals surface area contributed by atoms with E-state index in [1.165, 1.54) is 6.07 Å². The largest absolute Gasteiger partial charge is 0.399 e. The van der Waals surface area contributed by atoms with Crippen molar-refractivity contribution in [2.24, 2.45) is 0 Å². The molecule has 2 N–H and O–H groups in total. The molecule has 0 saturated carbocycles. The lowest BCUT2D eigenvalue weighted by Gasteiger charge is -2.23. The maximum atomic E-state index is 14.1. The first-order valence-corrected chi connectivity index (χ1v) is 8.02. The van der Waals surface area contributed by atoms with Crippen LogP contribution in [0.25, 0.3) is 0 Å². The van der Waals surface area contributed by atoms with Gasteiger partial charge in [-0.05, 0) is 31.2 Å². The van der Waals surface area contributed by atoms with Crippen LogP contribution in [-0.2, 0) is 10.0 Å². The molecule has 0 amide bonds. The summed E-state index contributed by atoms with van der Waals surface area (Å²) < 4.78 is 40.5. The summed E-state index contributed by atoms with van der Waals surface area (Å²) in [5.41, 5.74) is 6.10. The lowest BCUT2D eigenvalue weighted by molar-refractivity contribution is 0.564. The van der Waals surface area contributed by atoms with E-state index in [9.17, 15) is 12.8 Å². The van der Waals surface area contributed by atoms with Crippen LogP contribution in [0.2, 0.25) is 5.02 Å². The van der Waals surface area contributed by atoms with Gasteiger partial charge < -0.3 is 5.73 Å². The Labute approximate surface area is 128 Å². The molecule has 0 aliphatic rings. The van der Waals surface area contributed by atoms with Crippen LogP contribution in [0.3, 0.4) is 0 Å². The van der Waals surface area contributed by atoms with Crippen LogP contribution in [0.4, 0.5) is 15.8 Å². The number of halogens is 2. The van der Waals surface area contributed by atoms with E-state index in [1.807, 2.05) is 0 Å². The zero-order valence-corrected chi connectivity index (χ0v) is 12.8. The topological polar surface area (TPSA) is 63.4 Å². The van der Waals surface area contributed by atoms with E-state index in [1.54, 1.807) is 37.3 Å². The number of anilines is 2. The van der Waals surface area contributed by atoms with E-state index in [4.69, 9.17) is 17.3 Å². The highest BCUT2D eigenvalue weighted by Crippen LogP contribution is 2.30. The fraction of sp³-hybridized carbons (Fsp3) is 0.143. The van der Waals surface area contributed by atoms with Gasteiger partial charge in [0, 0.05) is 12.2 Å². The Morgan fingerprint density at radius 2 is 1.86 bits per heavy atom. The average molecular weight is 329 g/mol. The number of nitrogens with two attached hydrogens (primary N) is 1. The quantitative estimate of drug-likeness (QED) is 0.876. The number of nitrogens with zero attached hydrogens (tertiary/aromatic N) is 1. The second-order valence-corrected chi connectivity index (χ2v) is 6.56. The van der Waals surface area contributed by atoms with Gasteiger partial charge in [-0.15, -0.1) is 0 Å². The second kappa shape index (κ2) is 5.91. The molecule has 0 radical (unpaired) electrons. The normalized spacial score (nSPS) is 11.4. The molecule has 0 fully saturated rings. The molecule has 0 spiro atoms. The van der Waals surface area contributed by atoms with Gasteiger partial charge in [0.25, 0.3) is 10.0 Å². The SMILES string of the molecule is CCN(c1ccccc1)S(=O)(=O)c1cc(N)cc(Cl)c1F. The number of para-hydroxylation sites is 1. The van der Waals surface area contributed by atoms with Gasteiger partial charge in [0.15, 0.2) is 5.82 Å². The molecule has 0 aliphatic heterocycles. The molecule has 2 aromatic carbocycles. The van der Waals surface area contributed by atoms with E-state index >= 15 is 0 Å². The van der Waals surface area contributed by atoms with Crippen molar-refractivity contribution < 1.29 is 12.8 Å². The number of sulfonamides is 1. The van der Waals surface area contributed by atoms with Crippen LogP contribution in [0.15, 0.2) is 47.4 Å². The summed E-state index contributed by atoms with van der Waals surface area (Å²) in [5, 5.41) is -0.322. The van der Waals surface area contributed by atoms with Crippen LogP contribution < -0.4 is 10.0 Å². The van der Waals surface area contributed by atoms with Gasteiger partial charge in [-0.3, -0.25) is 4.31 Å². The van der Waals surface area contributed by atoms with Crippen molar-refractivity contribution >= 4 is 33.0 Å². The van der Waals surface area contributed by atoms with Crippen molar-refractivity contribution in [3.05, 3.63) is 53.3 Å². The number of hydrogen-bond donors (Lipinski definition) is 1. The van der Waals surface area contributed by atoms with E-state index in [0.29, 0.717) is 5.69 Å². The molecule has 4 nitrogen and oxygen atoms in total. The lowest BCUT2D eigenvalue weighted by atomic mass is 10.3. The third-order valence-electron chi connectivity index (χ3n) is 2.92. The molecule has 0 aromatic heterocycles. The van der Waals surface area contributed by atoms with Gasteiger partial charge in [0.1, 0.15) is 4.90 Å². The van der Waals surface area contributed by atoms with Crippen molar-refractivity contribution in [1.29, 1.82) is 0 Å². The first kappa shape index (κ1) is 15.6. The predicted molar refractivity (Wildman–Crippen MR) is 82.5 cm³/mol. The van der Waals surface area contributed by atoms with E-state index < -0.39 is 20.7 Å². The van der Waals surface area contributed by atoms with Gasteiger partial charge in [0.2, 0.25) is 0 Å². The minimum atomic E-state index is -4.09. The summed E-state index contributed by atoms with van der Waals surface area (Å²) in [5.74, 6) is -1.000. The van der Waals surface area contributed by atoms with Gasteiger partial charge in [-0.25, -0.2) is 12.8 Å². The molecular formula is C14H14ClFN2O2S. The molecule has 7 heteroatoms. The van der Waals surface area contributed by atoms with Crippen LogP contribution >= 0.6 is 11.6 Å². The number of rotatable bonds is 4. The number of hydrogen-bond acceptors (Lipinski definition) is 3. The van der Waals surface area contributed by atoms with Crippen LogP contribution in [0, 0.1) is 5.82 Å². The van der Waals surface area contributed by atoms with Crippen molar-refractivity contribution in [2.75, 3.05) is 16.6 Å². The summed E-state index contributed by atoms with van der Waals surface area (Å²) in [4.78, 5) is -0.529. The van der Waals surface area contributed by atoms with Gasteiger partial charge >= 0.3 is 0 Å². The van der Waals surface area contributed by atoms with Gasteiger partial charge in [-0.2, -0.15) is 0 Å². The van der Waals surface area contributed by atoms with Crippen LogP contribution in [0.5, 0.6) is 0 Å². The third-order valence-corrected chi connectivity index (χ3v) is 5.09. The molecule has 0 atom stereocenters. The van der Waals surface area contributed by atoms with Crippen LogP contribution in [-0.4, -0.2) is 15.0 Å². The van der Waals surface area contributed by atoms with Crippen LogP contribution in [0.1, 0.15) is 6.92 Å². The Balaban J connectivity index is 2.61. The zero-order chi connectivity index (χ0) is 15.6. The smallest absolute Gasteiger partial charge is 0.267 e. The molecule has 112 valence electrons. The van der Waals surface area contributed by atoms with E-state index in [0.717, 1.165) is 10.4 Å². The van der Waals surface area contributed by atoms with Crippen molar-refractivity contribution in [3.8, 4) is 0 Å². The Morgan fingerprint density at radius 1 is 1.24 bits per heavy atom. The maximum Gasteiger partial charge on any atom is 0.267 e. The molecule has 21 heavy (non-hydrogen) atoms. The number of benzene rings is 2. The molecule has 2 rings (SSSR count). The highest BCUT2D eigenvalue weighted by molar-refractivity contribution is 7.92. The van der Waals surface area contributed by atoms with E-state index in [2.05, 4.69) is 0 Å². The first-order valence-electron chi connectivity index (χ1n) is 6.20. The minimum absolute atomic E-state index is 0.0871. The first-order chi connectivity index (χ1) is 9.87. The summed E-state index contributed by atoms with van der Waals surface area (Å²) in [6, 6.07) is 10.7. The molecule has 0 bridgehead atoms. The fourth-order valence-electron chi connectivity index (χ4n) is 1.98. The molecule has 0 unspecified atom stereocenters. The average Bonchev–Trinajstić information content (AvgIpc) is 2.44. The van der Waals surface area contributed by atoms with Crippen molar-refractivity contribution in [1.82, 2.24) is 0 Å². The fourth-order valence-corrected chi connectivity index (χ4v) is 3.86. The Kier molecular flexibility index (Phi) is 4.39. The van der Waals surface area contributed by atoms with E-state index in [-0.39, 0.29) is 17.3 Å². The van der Waals surface area contributed by atoms with Crippen molar-refractivity contribution in [3.63, 3.8) is 0 Å². The summed E-state index contributed by atoms with van der Waals surface area (Å²) in [7, 11) is -4.09. The minimum Gasteiger partial charge on any atom is -0.399 e. The summed E-state index contributed by atoms with van der Waals surface area (Å²) >= 11 is 5.68. The third kappa shape index (κ3) is 2.96. The molecule has 0 aliphatic carbocycles. The predicted octanol–water partition coefficient (Wildman–Crippen LogP) is 3.28. The zero-order valence-electron chi connectivity index (χ0n) is 11.3. The Hall–Kier alpha value is -1.79. The highest BCUT2D eigenvalue weighted by atomic mass is 35.5. The standard InChI is InChI=1S/C14H14ClFN2O2S/c1-2-18(11-6-4-3-5-7-11)21(19,20)13-9-10(17)8-12(15)14(13)16/h3-9H,2,17H2,1H3. The molecule has 0 heterocycles. The molecule has 2 aromatic rings. The summed E-state index contributed by atoms with van der Waals surface area (Å²) in [6.07, 6.45) is 0. The molecule has 0 saturated heterocycles. The summed E-state index contributed by atoms with van der Waals surface area (Å²) in [6.45, 7) is 1.81. The number of nitrogen functional groups attached to an aromatic ring is 1. The Morgan fingerprint density at radius 3 is 2.43 bits per heavy atom. The van der Waals surface area contributed by atoms with Gasteiger partial charge in [-0.1, -0.05) is 29.8 Å². The lowest BCUT2D eigenvalue weighted by Crippen LogP contribution is -2.31. The van der Waals surface area contributed by atoms with Crippen molar-refractivity contribution in [2.45, 2.75) is 11.8 Å². The Bertz CT molecular complexity index is 751. The second-order valence-electron chi connectivity index (χ2n) is 4.32. The monoisotopic (exact) mass is 328 g/mol. The van der Waals surface area contributed by atoms with Gasteiger partial charge in [0.05, 0.1) is 10.7 Å². The highest BCUT2D eigenvalue weighted by Gasteiger charge is 2.28.